The second-order valence-electron chi connectivity index (χ2n) is 8.12. The molecule has 1 aromatic carbocycles. The highest BCUT2D eigenvalue weighted by Crippen LogP contribution is 2.17. The van der Waals surface area contributed by atoms with Crippen molar-refractivity contribution in [1.82, 2.24) is 10.3 Å². The van der Waals surface area contributed by atoms with Crippen LogP contribution in [0.5, 0.6) is 5.75 Å². The van der Waals surface area contributed by atoms with Crippen LogP contribution in [0.25, 0.3) is 0 Å². The first kappa shape index (κ1) is 32.4. The normalized spacial score (nSPS) is 12.9. The summed E-state index contributed by atoms with van der Waals surface area (Å²) in [6, 6.07) is 1.60. The third kappa shape index (κ3) is 9.92. The Bertz CT molecular complexity index is 924. The van der Waals surface area contributed by atoms with Crippen molar-refractivity contribution in [1.29, 1.82) is 0 Å². The average Bonchev–Trinajstić information content (AvgIpc) is 2.79. The Morgan fingerprint density at radius 1 is 1.22 bits per heavy atom. The number of hydrogen-bond donors (Lipinski definition) is 5. The van der Waals surface area contributed by atoms with E-state index in [9.17, 15) is 29.6 Å². The Morgan fingerprint density at radius 3 is 2.28 bits per heavy atom. The van der Waals surface area contributed by atoms with Crippen molar-refractivity contribution in [3.63, 3.8) is 0 Å². The number of hydrogen-bond acceptors (Lipinski definition) is 9. The maximum atomic E-state index is 13.3. The van der Waals surface area contributed by atoms with E-state index < -0.39 is 46.9 Å². The largest absolute Gasteiger partial charge is 0.508 e. The third-order valence-corrected chi connectivity index (χ3v) is 5.07. The van der Waals surface area contributed by atoms with Gasteiger partial charge >= 0.3 is 11.9 Å². The molecule has 14 nitrogen and oxygen atoms in total. The van der Waals surface area contributed by atoms with Crippen LogP contribution in [0.3, 0.4) is 0 Å². The molecule has 2 amide bonds. The van der Waals surface area contributed by atoms with Crippen molar-refractivity contribution in [3.8, 4) is 5.75 Å². The summed E-state index contributed by atoms with van der Waals surface area (Å²) in [5.41, 5.74) is 16.8. The number of aliphatic imine (C=N–C) groups is 1. The van der Waals surface area contributed by atoms with Crippen LogP contribution in [0.1, 0.15) is 32.3 Å². The summed E-state index contributed by atoms with van der Waals surface area (Å²) in [6.07, 6.45) is 0.333. The van der Waals surface area contributed by atoms with E-state index in [1.807, 2.05) is 0 Å². The molecule has 0 saturated heterocycles. The van der Waals surface area contributed by atoms with Gasteiger partial charge in [-0.25, -0.2) is 14.9 Å². The smallest absolute Gasteiger partial charge is 0.335 e. The van der Waals surface area contributed by atoms with Crippen LogP contribution in [0.2, 0.25) is 0 Å². The van der Waals surface area contributed by atoms with E-state index in [-0.39, 0.29) is 48.5 Å². The molecule has 0 unspecified atom stereocenters. The molecule has 0 aliphatic heterocycles. The zero-order chi connectivity index (χ0) is 26.7. The number of methoxy groups -OCH3 is 1. The number of hydrazine groups is 1. The summed E-state index contributed by atoms with van der Waals surface area (Å²) in [7, 11) is 1.04. The summed E-state index contributed by atoms with van der Waals surface area (Å²) in [6.45, 7) is 3.42. The number of nitrogens with two attached hydrogens (primary N) is 3. The van der Waals surface area contributed by atoms with Crippen molar-refractivity contribution >= 4 is 36.2 Å². The first-order chi connectivity index (χ1) is 16.4. The topological polar surface area (TPSA) is 230 Å². The Morgan fingerprint density at radius 2 is 1.81 bits per heavy atom. The molecule has 8 N–H and O–H groups in total. The molecule has 0 aliphatic carbocycles. The molecule has 0 aromatic heterocycles. The molecule has 36 heavy (non-hydrogen) atoms. The number of phenolic OH excluding ortho intramolecular Hbond substituents is 1. The van der Waals surface area contributed by atoms with Crippen molar-refractivity contribution in [2.75, 3.05) is 13.7 Å². The molecule has 15 heteroatoms. The van der Waals surface area contributed by atoms with Gasteiger partial charge in [0.25, 0.3) is 0 Å². The SMILES string of the molecule is COC(=O)[C@H](Cc1ccc(O)cc1)N(C(=O)[C@@H](NC(=O)[C@@H](N)CCCN=C(N)N)C(C)C)[N+](=O)[O-].Cl. The zero-order valence-electron chi connectivity index (χ0n) is 20.3. The van der Waals surface area contributed by atoms with Gasteiger partial charge in [-0.15, -0.1) is 12.4 Å². The number of carbonyl (C=O) groups excluding carboxylic acids is 3. The molecule has 0 saturated carbocycles. The fourth-order valence-electron chi connectivity index (χ4n) is 3.18. The minimum atomic E-state index is -1.63. The summed E-state index contributed by atoms with van der Waals surface area (Å²) < 4.78 is 4.70. The van der Waals surface area contributed by atoms with Gasteiger partial charge in [-0.1, -0.05) is 26.0 Å². The number of phenols is 1. The van der Waals surface area contributed by atoms with Crippen LogP contribution < -0.4 is 22.5 Å². The number of ether oxygens (including phenoxy) is 1. The van der Waals surface area contributed by atoms with Crippen LogP contribution in [0.4, 0.5) is 0 Å². The Kier molecular flexibility index (Phi) is 13.8. The van der Waals surface area contributed by atoms with Gasteiger partial charge in [0.2, 0.25) is 5.91 Å². The molecular formula is C21H34ClN7O7. The first-order valence-electron chi connectivity index (χ1n) is 10.8. The Labute approximate surface area is 214 Å². The van der Waals surface area contributed by atoms with Gasteiger partial charge in [-0.2, -0.15) is 0 Å². The maximum Gasteiger partial charge on any atom is 0.335 e. The van der Waals surface area contributed by atoms with Gasteiger partial charge < -0.3 is 32.4 Å². The summed E-state index contributed by atoms with van der Waals surface area (Å²) in [5.74, 6) is -3.54. The van der Waals surface area contributed by atoms with Gasteiger partial charge in [-0.3, -0.25) is 14.6 Å². The van der Waals surface area contributed by atoms with Gasteiger partial charge in [0.15, 0.2) is 17.0 Å². The molecule has 1 aromatic rings. The molecule has 0 fully saturated rings. The number of nitrogens with one attached hydrogen (secondary N) is 1. The van der Waals surface area contributed by atoms with Crippen LogP contribution in [0.15, 0.2) is 29.3 Å². The maximum absolute atomic E-state index is 13.3. The summed E-state index contributed by atoms with van der Waals surface area (Å²) in [4.78, 5) is 54.0. The molecule has 0 aliphatic rings. The Hall–Kier alpha value is -3.65. The first-order valence-corrected chi connectivity index (χ1v) is 10.8. The number of guanidine groups is 1. The standard InChI is InChI=1S/C21H33N7O7.ClH/c1-12(2)17(26-18(30)15(22)5-4-10-25-21(23)24)19(31)27(28(33)34)16(20(32)35-3)11-13-6-8-14(29)9-7-13;/h6-9,12,15-17,29H,4-5,10-11,22H2,1-3H3,(H,26,30)(H4,23,24,25);1H/t15-,16-,17-;/m0./s1. The second-order valence-corrected chi connectivity index (χ2v) is 8.12. The lowest BCUT2D eigenvalue weighted by atomic mass is 10.00. The van der Waals surface area contributed by atoms with Crippen LogP contribution in [0, 0.1) is 16.0 Å². The molecule has 0 radical (unpaired) electrons. The highest BCUT2D eigenvalue weighted by atomic mass is 35.5. The van der Waals surface area contributed by atoms with Gasteiger partial charge in [0.05, 0.1) is 13.2 Å². The molecule has 0 heterocycles. The minimum Gasteiger partial charge on any atom is -0.508 e. The number of halogens is 1. The van der Waals surface area contributed by atoms with E-state index in [2.05, 4.69) is 10.3 Å². The number of aromatic hydroxyl groups is 1. The molecule has 3 atom stereocenters. The van der Waals surface area contributed by atoms with Crippen LogP contribution in [-0.4, -0.2) is 70.7 Å². The predicted octanol–water partition coefficient (Wildman–Crippen LogP) is -0.560. The van der Waals surface area contributed by atoms with Gasteiger partial charge in [0.1, 0.15) is 11.8 Å². The molecule has 202 valence electrons. The number of esters is 1. The van der Waals surface area contributed by atoms with E-state index in [0.717, 1.165) is 7.11 Å². The zero-order valence-corrected chi connectivity index (χ0v) is 21.1. The van der Waals surface area contributed by atoms with Gasteiger partial charge in [-0.05, 0) is 41.5 Å². The fraction of sp³-hybridized carbons (Fsp3) is 0.524. The molecule has 0 bridgehead atoms. The number of benzene rings is 1. The van der Waals surface area contributed by atoms with E-state index in [0.29, 0.717) is 12.0 Å². The van der Waals surface area contributed by atoms with Crippen molar-refractivity contribution in [2.24, 2.45) is 28.1 Å². The quantitative estimate of drug-likeness (QED) is 0.0543. The number of rotatable bonds is 13. The Balaban J connectivity index is 0.0000122. The summed E-state index contributed by atoms with van der Waals surface area (Å²) in [5, 5.41) is 23.0. The lowest BCUT2D eigenvalue weighted by Gasteiger charge is -2.28. The number of nitrogens with zero attached hydrogens (tertiary/aromatic N) is 3. The molecule has 1 rings (SSSR count). The van der Waals surface area contributed by atoms with E-state index in [4.69, 9.17) is 21.9 Å². The van der Waals surface area contributed by atoms with Crippen molar-refractivity contribution in [3.05, 3.63) is 39.9 Å². The van der Waals surface area contributed by atoms with Crippen LogP contribution in [-0.2, 0) is 25.5 Å². The number of nitro groups is 1. The van der Waals surface area contributed by atoms with Crippen LogP contribution >= 0.6 is 12.4 Å². The van der Waals surface area contributed by atoms with E-state index >= 15 is 0 Å². The molecular weight excluding hydrogens is 498 g/mol. The van der Waals surface area contributed by atoms with E-state index in [1.54, 1.807) is 13.8 Å². The minimum absolute atomic E-state index is 0. The lowest BCUT2D eigenvalue weighted by Crippen LogP contribution is -2.59. The fourth-order valence-corrected chi connectivity index (χ4v) is 3.18. The third-order valence-electron chi connectivity index (χ3n) is 5.07. The predicted molar refractivity (Wildman–Crippen MR) is 133 cm³/mol. The van der Waals surface area contributed by atoms with E-state index in [1.165, 1.54) is 24.3 Å². The molecule has 0 spiro atoms. The average molecular weight is 532 g/mol. The van der Waals surface area contributed by atoms with Crippen molar-refractivity contribution < 1.29 is 29.3 Å². The summed E-state index contributed by atoms with van der Waals surface area (Å²) >= 11 is 0. The lowest BCUT2D eigenvalue weighted by molar-refractivity contribution is -0.640. The second kappa shape index (κ2) is 15.4. The monoisotopic (exact) mass is 531 g/mol. The highest BCUT2D eigenvalue weighted by Gasteiger charge is 2.44. The highest BCUT2D eigenvalue weighted by molar-refractivity contribution is 5.91. The van der Waals surface area contributed by atoms with Gasteiger partial charge in [0, 0.05) is 13.0 Å². The number of amides is 2. The van der Waals surface area contributed by atoms with Crippen molar-refractivity contribution in [2.45, 2.75) is 51.2 Å². The number of carbonyl (C=O) groups is 3.